The quantitative estimate of drug-likeness (QED) is 0.511. The van der Waals surface area contributed by atoms with Crippen molar-refractivity contribution in [2.45, 2.75) is 4.90 Å². The molecule has 0 aliphatic rings. The summed E-state index contributed by atoms with van der Waals surface area (Å²) in [6.45, 7) is 0. The van der Waals surface area contributed by atoms with Crippen LogP contribution in [-0.4, -0.2) is 35.5 Å². The molecule has 0 unspecified atom stereocenters. The predicted molar refractivity (Wildman–Crippen MR) is 105 cm³/mol. The van der Waals surface area contributed by atoms with E-state index in [4.69, 9.17) is 5.11 Å². The van der Waals surface area contributed by atoms with Crippen molar-refractivity contribution in [3.05, 3.63) is 78.1 Å². The number of hydrogen-bond acceptors (Lipinski definition) is 8. The van der Waals surface area contributed by atoms with Crippen LogP contribution in [0.5, 0.6) is 5.75 Å². The maximum absolute atomic E-state index is 12.3. The van der Waals surface area contributed by atoms with E-state index in [0.29, 0.717) is 0 Å². The molecule has 3 N–H and O–H groups in total. The first-order valence-electron chi connectivity index (χ1n) is 8.32. The van der Waals surface area contributed by atoms with E-state index >= 15 is 0 Å². The van der Waals surface area contributed by atoms with Crippen molar-refractivity contribution >= 4 is 33.3 Å². The molecule has 2 aromatic carbocycles. The van der Waals surface area contributed by atoms with Crippen LogP contribution >= 0.6 is 0 Å². The van der Waals surface area contributed by atoms with Crippen molar-refractivity contribution in [3.63, 3.8) is 0 Å². The Kier molecular flexibility index (Phi) is 5.83. The molecule has 0 aliphatic heterocycles. The number of amides is 1. The SMILES string of the molecule is O=C(NS(=O)(=O)c1ccc(N=Nc2ccc(O)c(C(=O)O)c2)cc1)c1ccccn1. The van der Waals surface area contributed by atoms with Crippen LogP contribution in [0.15, 0.2) is 82.0 Å². The van der Waals surface area contributed by atoms with Gasteiger partial charge in [0.05, 0.1) is 16.3 Å². The summed E-state index contributed by atoms with van der Waals surface area (Å²) in [6.07, 6.45) is 1.37. The van der Waals surface area contributed by atoms with Crippen LogP contribution in [0, 0.1) is 0 Å². The molecule has 0 atom stereocenters. The maximum Gasteiger partial charge on any atom is 0.339 e. The number of carboxylic acid groups (broad SMARTS) is 1. The standard InChI is InChI=1S/C19H14N4O6S/c24-17-9-6-13(11-15(17)19(26)27)22-21-12-4-7-14(8-5-12)30(28,29)23-18(25)16-3-1-2-10-20-16/h1-11,24H,(H,23,25)(H,26,27). The lowest BCUT2D eigenvalue weighted by Crippen LogP contribution is -2.31. The Morgan fingerprint density at radius 2 is 1.60 bits per heavy atom. The third-order valence-electron chi connectivity index (χ3n) is 3.76. The fourth-order valence-corrected chi connectivity index (χ4v) is 3.26. The van der Waals surface area contributed by atoms with Gasteiger partial charge in [-0.2, -0.15) is 10.2 Å². The highest BCUT2D eigenvalue weighted by Crippen LogP contribution is 2.25. The van der Waals surface area contributed by atoms with E-state index in [9.17, 15) is 23.1 Å². The first kappa shape index (κ1) is 20.6. The van der Waals surface area contributed by atoms with Gasteiger partial charge in [-0.05, 0) is 54.6 Å². The number of rotatable bonds is 6. The van der Waals surface area contributed by atoms with E-state index in [-0.39, 0.29) is 27.5 Å². The highest BCUT2D eigenvalue weighted by atomic mass is 32.2. The number of nitrogens with one attached hydrogen (secondary N) is 1. The summed E-state index contributed by atoms with van der Waals surface area (Å²) in [5.74, 6) is -2.57. The van der Waals surface area contributed by atoms with Crippen LogP contribution in [-0.2, 0) is 10.0 Å². The zero-order valence-corrected chi connectivity index (χ0v) is 15.9. The number of benzene rings is 2. The number of aromatic nitrogens is 1. The topological polar surface area (TPSA) is 158 Å². The minimum atomic E-state index is -4.12. The average molecular weight is 426 g/mol. The highest BCUT2D eigenvalue weighted by Gasteiger charge is 2.19. The van der Waals surface area contributed by atoms with Crippen molar-refractivity contribution in [1.82, 2.24) is 9.71 Å². The summed E-state index contributed by atoms with van der Waals surface area (Å²) in [4.78, 5) is 26.7. The normalized spacial score (nSPS) is 11.3. The molecule has 0 fully saturated rings. The third kappa shape index (κ3) is 4.83. The second kappa shape index (κ2) is 8.49. The minimum Gasteiger partial charge on any atom is -0.507 e. The van der Waals surface area contributed by atoms with Crippen molar-refractivity contribution in [1.29, 1.82) is 0 Å². The number of aromatic hydroxyl groups is 1. The molecule has 0 saturated heterocycles. The molecule has 1 amide bonds. The lowest BCUT2D eigenvalue weighted by Gasteiger charge is -2.06. The molecule has 0 bridgehead atoms. The van der Waals surface area contributed by atoms with E-state index in [0.717, 1.165) is 6.07 Å². The summed E-state index contributed by atoms with van der Waals surface area (Å²) in [5, 5.41) is 26.2. The molecule has 0 saturated carbocycles. The third-order valence-corrected chi connectivity index (χ3v) is 5.11. The Labute approximate surface area is 170 Å². The Morgan fingerprint density at radius 3 is 2.23 bits per heavy atom. The second-order valence-electron chi connectivity index (χ2n) is 5.85. The summed E-state index contributed by atoms with van der Waals surface area (Å²) < 4.78 is 26.6. The molecule has 3 rings (SSSR count). The van der Waals surface area contributed by atoms with Crippen LogP contribution in [0.1, 0.15) is 20.8 Å². The number of sulfonamides is 1. The second-order valence-corrected chi connectivity index (χ2v) is 7.53. The van der Waals surface area contributed by atoms with E-state index in [1.807, 2.05) is 4.72 Å². The van der Waals surface area contributed by atoms with Gasteiger partial charge in [0.2, 0.25) is 0 Å². The van der Waals surface area contributed by atoms with Gasteiger partial charge >= 0.3 is 5.97 Å². The van der Waals surface area contributed by atoms with Gasteiger partial charge in [-0.25, -0.2) is 17.9 Å². The minimum absolute atomic E-state index is 0.0406. The van der Waals surface area contributed by atoms with Crippen LogP contribution in [0.2, 0.25) is 0 Å². The molecule has 11 heteroatoms. The van der Waals surface area contributed by atoms with E-state index in [1.54, 1.807) is 12.1 Å². The number of azo groups is 1. The zero-order chi connectivity index (χ0) is 21.7. The maximum atomic E-state index is 12.3. The highest BCUT2D eigenvalue weighted by molar-refractivity contribution is 7.90. The van der Waals surface area contributed by atoms with Gasteiger partial charge in [0.25, 0.3) is 15.9 Å². The van der Waals surface area contributed by atoms with Gasteiger partial charge < -0.3 is 10.2 Å². The molecule has 0 aliphatic carbocycles. The monoisotopic (exact) mass is 426 g/mol. The largest absolute Gasteiger partial charge is 0.507 e. The Bertz CT molecular complexity index is 1230. The van der Waals surface area contributed by atoms with E-state index < -0.39 is 27.6 Å². The van der Waals surface area contributed by atoms with E-state index in [2.05, 4.69) is 15.2 Å². The van der Waals surface area contributed by atoms with Gasteiger partial charge in [0.1, 0.15) is 17.0 Å². The number of carbonyl (C=O) groups is 2. The molecule has 10 nitrogen and oxygen atoms in total. The van der Waals surface area contributed by atoms with Crippen LogP contribution in [0.4, 0.5) is 11.4 Å². The lowest BCUT2D eigenvalue weighted by molar-refractivity contribution is 0.0693. The van der Waals surface area contributed by atoms with Crippen molar-refractivity contribution in [3.8, 4) is 5.75 Å². The molecule has 1 heterocycles. The summed E-state index contributed by atoms with van der Waals surface area (Å²) >= 11 is 0. The number of carboxylic acids is 1. The zero-order valence-electron chi connectivity index (χ0n) is 15.1. The van der Waals surface area contributed by atoms with Gasteiger partial charge in [-0.15, -0.1) is 0 Å². The van der Waals surface area contributed by atoms with Gasteiger partial charge in [-0.3, -0.25) is 9.78 Å². The molecular weight excluding hydrogens is 412 g/mol. The van der Waals surface area contributed by atoms with Crippen LogP contribution in [0.3, 0.4) is 0 Å². The number of pyridine rings is 1. The summed E-state index contributed by atoms with van der Waals surface area (Å²) in [5.41, 5.74) is 0.108. The Hall–Kier alpha value is -4.12. The van der Waals surface area contributed by atoms with Crippen molar-refractivity contribution in [2.24, 2.45) is 10.2 Å². The smallest absolute Gasteiger partial charge is 0.339 e. The van der Waals surface area contributed by atoms with Crippen molar-refractivity contribution < 1.29 is 28.2 Å². The number of phenols is 1. The van der Waals surface area contributed by atoms with Gasteiger partial charge in [-0.1, -0.05) is 6.07 Å². The molecule has 30 heavy (non-hydrogen) atoms. The fraction of sp³-hybridized carbons (Fsp3) is 0. The fourth-order valence-electron chi connectivity index (χ4n) is 2.30. The van der Waals surface area contributed by atoms with Gasteiger partial charge in [0.15, 0.2) is 0 Å². The lowest BCUT2D eigenvalue weighted by atomic mass is 10.2. The van der Waals surface area contributed by atoms with Crippen LogP contribution < -0.4 is 4.72 Å². The first-order valence-corrected chi connectivity index (χ1v) is 9.81. The number of carbonyl (C=O) groups excluding carboxylic acids is 1. The molecule has 3 aromatic rings. The molecule has 1 aromatic heterocycles. The Balaban J connectivity index is 1.74. The van der Waals surface area contributed by atoms with Gasteiger partial charge in [0, 0.05) is 6.20 Å². The number of nitrogens with zero attached hydrogens (tertiary/aromatic N) is 3. The number of aromatic carboxylic acids is 1. The van der Waals surface area contributed by atoms with E-state index in [1.165, 1.54) is 48.7 Å². The van der Waals surface area contributed by atoms with Crippen LogP contribution in [0.25, 0.3) is 0 Å². The molecular formula is C19H14N4O6S. The molecule has 0 spiro atoms. The summed E-state index contributed by atoms with van der Waals surface area (Å²) in [7, 11) is -4.12. The molecule has 0 radical (unpaired) electrons. The van der Waals surface area contributed by atoms with Crippen molar-refractivity contribution in [2.75, 3.05) is 0 Å². The summed E-state index contributed by atoms with van der Waals surface area (Å²) in [6, 6.07) is 13.4. The average Bonchev–Trinajstić information content (AvgIpc) is 2.73. The number of hydrogen-bond donors (Lipinski definition) is 3. The molecule has 152 valence electrons. The Morgan fingerprint density at radius 1 is 0.933 bits per heavy atom. The predicted octanol–water partition coefficient (Wildman–Crippen LogP) is 3.02. The first-order chi connectivity index (χ1) is 14.3.